The number of nitrogens with one attached hydrogen (secondary N) is 1. The molecule has 0 aliphatic heterocycles. The van der Waals surface area contributed by atoms with Crippen LogP contribution in [0.15, 0.2) is 18.7 Å². The van der Waals surface area contributed by atoms with Crippen LogP contribution in [0.2, 0.25) is 0 Å². The predicted molar refractivity (Wildman–Crippen MR) is 62.2 cm³/mol. The Balaban J connectivity index is 2.16. The maximum atomic E-state index is 11.4. The lowest BCUT2D eigenvalue weighted by Crippen LogP contribution is -2.34. The van der Waals surface area contributed by atoms with Gasteiger partial charge in [-0.2, -0.15) is 0 Å². The Morgan fingerprint density at radius 2 is 2.47 bits per heavy atom. The van der Waals surface area contributed by atoms with Crippen molar-refractivity contribution in [1.29, 1.82) is 0 Å². The van der Waals surface area contributed by atoms with E-state index >= 15 is 0 Å². The van der Waals surface area contributed by atoms with Crippen molar-refractivity contribution in [2.45, 2.75) is 19.4 Å². The normalized spacial score (nSPS) is 12.6. The second-order valence-electron chi connectivity index (χ2n) is 3.66. The van der Waals surface area contributed by atoms with E-state index in [1.165, 1.54) is 6.33 Å². The summed E-state index contributed by atoms with van der Waals surface area (Å²) >= 11 is 0. The topological polar surface area (TPSA) is 93.9 Å². The summed E-state index contributed by atoms with van der Waals surface area (Å²) in [6.45, 7) is 2.09. The van der Waals surface area contributed by atoms with Gasteiger partial charge in [-0.05, 0) is 12.5 Å². The van der Waals surface area contributed by atoms with Gasteiger partial charge in [0.2, 0.25) is 0 Å². The van der Waals surface area contributed by atoms with Gasteiger partial charge in [-0.1, -0.05) is 0 Å². The molecule has 2 rings (SSSR count). The molecule has 0 saturated carbocycles. The van der Waals surface area contributed by atoms with E-state index in [4.69, 9.17) is 10.5 Å². The second-order valence-corrected chi connectivity index (χ2v) is 3.66. The number of hydrogen-bond acceptors (Lipinski definition) is 5. The Morgan fingerprint density at radius 3 is 3.24 bits per heavy atom. The highest BCUT2D eigenvalue weighted by Crippen LogP contribution is 2.16. The summed E-state index contributed by atoms with van der Waals surface area (Å²) in [6, 6.07) is -0.658. The lowest BCUT2D eigenvalue weighted by atomic mass is 10.1. The Hall–Kier alpha value is -1.95. The number of nitrogens with zero attached hydrogens (tertiary/aromatic N) is 2. The fourth-order valence-electron chi connectivity index (χ4n) is 1.65. The summed E-state index contributed by atoms with van der Waals surface area (Å²) < 4.78 is 4.86. The number of carbonyl (C=O) groups is 1. The third-order valence-corrected chi connectivity index (χ3v) is 2.47. The van der Waals surface area contributed by atoms with Crippen molar-refractivity contribution in [3.05, 3.63) is 24.3 Å². The first kappa shape index (κ1) is 11.5. The zero-order valence-electron chi connectivity index (χ0n) is 9.51. The van der Waals surface area contributed by atoms with Gasteiger partial charge in [0, 0.05) is 24.2 Å². The molecule has 0 saturated heterocycles. The van der Waals surface area contributed by atoms with Gasteiger partial charge < -0.3 is 15.5 Å². The Bertz CT molecular complexity index is 523. The average Bonchev–Trinajstić information content (AvgIpc) is 2.73. The molecule has 0 aromatic carbocycles. The first-order valence-corrected chi connectivity index (χ1v) is 5.40. The molecule has 1 atom stereocenters. The van der Waals surface area contributed by atoms with E-state index in [-0.39, 0.29) is 0 Å². The van der Waals surface area contributed by atoms with Crippen LogP contribution >= 0.6 is 0 Å². The lowest BCUT2D eigenvalue weighted by molar-refractivity contribution is -0.144. The maximum absolute atomic E-state index is 11.4. The molecule has 6 nitrogen and oxygen atoms in total. The predicted octanol–water partition coefficient (Wildman–Crippen LogP) is 0.391. The number of hydrogen-bond donors (Lipinski definition) is 2. The number of aromatic amines is 1. The molecule has 0 spiro atoms. The SMILES string of the molecule is CCOC(=O)C(N)Cc1c[nH]c2ncncc12. The van der Waals surface area contributed by atoms with Crippen molar-refractivity contribution in [3.8, 4) is 0 Å². The second kappa shape index (κ2) is 4.92. The molecule has 17 heavy (non-hydrogen) atoms. The number of esters is 1. The van der Waals surface area contributed by atoms with Crippen LogP contribution in [0.3, 0.4) is 0 Å². The quantitative estimate of drug-likeness (QED) is 0.746. The summed E-state index contributed by atoms with van der Waals surface area (Å²) in [5.74, 6) is -0.390. The fraction of sp³-hybridized carbons (Fsp3) is 0.364. The van der Waals surface area contributed by atoms with E-state index in [1.807, 2.05) is 0 Å². The van der Waals surface area contributed by atoms with Crippen LogP contribution in [0.5, 0.6) is 0 Å². The fourth-order valence-corrected chi connectivity index (χ4v) is 1.65. The minimum absolute atomic E-state index is 0.337. The molecule has 2 heterocycles. The summed E-state index contributed by atoms with van der Waals surface area (Å²) in [5, 5.41) is 0.882. The molecule has 90 valence electrons. The number of aromatic nitrogens is 3. The van der Waals surface area contributed by atoms with E-state index in [2.05, 4.69) is 15.0 Å². The minimum Gasteiger partial charge on any atom is -0.465 e. The first-order chi connectivity index (χ1) is 8.22. The molecule has 0 aliphatic carbocycles. The molecule has 1 unspecified atom stereocenters. The van der Waals surface area contributed by atoms with E-state index in [1.54, 1.807) is 19.3 Å². The van der Waals surface area contributed by atoms with Crippen LogP contribution in [-0.2, 0) is 16.0 Å². The lowest BCUT2D eigenvalue weighted by Gasteiger charge is -2.09. The molecule has 2 aromatic rings. The van der Waals surface area contributed by atoms with Crippen molar-refractivity contribution < 1.29 is 9.53 Å². The largest absolute Gasteiger partial charge is 0.465 e. The van der Waals surface area contributed by atoms with Gasteiger partial charge in [0.15, 0.2) is 0 Å². The zero-order chi connectivity index (χ0) is 12.3. The molecular weight excluding hydrogens is 220 g/mol. The summed E-state index contributed by atoms with van der Waals surface area (Å²) in [4.78, 5) is 22.4. The third-order valence-electron chi connectivity index (χ3n) is 2.47. The Kier molecular flexibility index (Phi) is 3.34. The third kappa shape index (κ3) is 2.42. The standard InChI is InChI=1S/C11H14N4O2/c1-2-17-11(16)9(12)3-7-4-14-10-8(7)5-13-6-15-10/h4-6,9H,2-3,12H2,1H3,(H,13,14,15). The first-order valence-electron chi connectivity index (χ1n) is 5.40. The highest BCUT2D eigenvalue weighted by molar-refractivity contribution is 5.81. The van der Waals surface area contributed by atoms with Gasteiger partial charge in [0.25, 0.3) is 0 Å². The van der Waals surface area contributed by atoms with Gasteiger partial charge in [-0.25, -0.2) is 9.97 Å². The summed E-state index contributed by atoms with van der Waals surface area (Å²) in [6.07, 6.45) is 5.37. The van der Waals surface area contributed by atoms with Gasteiger partial charge in [-0.15, -0.1) is 0 Å². The number of H-pyrrole nitrogens is 1. The van der Waals surface area contributed by atoms with E-state index < -0.39 is 12.0 Å². The molecule has 0 amide bonds. The van der Waals surface area contributed by atoms with Crippen molar-refractivity contribution in [2.75, 3.05) is 6.61 Å². The van der Waals surface area contributed by atoms with Gasteiger partial charge in [0.05, 0.1) is 6.61 Å². The smallest absolute Gasteiger partial charge is 0.323 e. The zero-order valence-corrected chi connectivity index (χ0v) is 9.51. The Labute approximate surface area is 98.2 Å². The molecule has 0 aliphatic rings. The molecule has 6 heteroatoms. The number of nitrogens with two attached hydrogens (primary N) is 1. The van der Waals surface area contributed by atoms with Crippen LogP contribution in [0.1, 0.15) is 12.5 Å². The van der Waals surface area contributed by atoms with E-state index in [0.29, 0.717) is 13.0 Å². The monoisotopic (exact) mass is 234 g/mol. The van der Waals surface area contributed by atoms with Crippen LogP contribution in [0.25, 0.3) is 11.0 Å². The van der Waals surface area contributed by atoms with Crippen LogP contribution in [-0.4, -0.2) is 33.6 Å². The maximum Gasteiger partial charge on any atom is 0.323 e. The molecule has 0 bridgehead atoms. The number of rotatable bonds is 4. The highest BCUT2D eigenvalue weighted by atomic mass is 16.5. The van der Waals surface area contributed by atoms with Gasteiger partial charge in [-0.3, -0.25) is 4.79 Å². The van der Waals surface area contributed by atoms with Gasteiger partial charge in [0.1, 0.15) is 18.0 Å². The van der Waals surface area contributed by atoms with Crippen molar-refractivity contribution in [3.63, 3.8) is 0 Å². The van der Waals surface area contributed by atoms with Crippen LogP contribution in [0.4, 0.5) is 0 Å². The number of carbonyl (C=O) groups excluding carboxylic acids is 1. The summed E-state index contributed by atoms with van der Waals surface area (Å²) in [5.41, 5.74) is 7.42. The summed E-state index contributed by atoms with van der Waals surface area (Å²) in [7, 11) is 0. The van der Waals surface area contributed by atoms with Crippen LogP contribution < -0.4 is 5.73 Å². The van der Waals surface area contributed by atoms with Crippen molar-refractivity contribution in [2.24, 2.45) is 5.73 Å². The highest BCUT2D eigenvalue weighted by Gasteiger charge is 2.17. The average molecular weight is 234 g/mol. The van der Waals surface area contributed by atoms with Crippen molar-refractivity contribution >= 4 is 17.0 Å². The molecule has 0 fully saturated rings. The number of ether oxygens (including phenoxy) is 1. The van der Waals surface area contributed by atoms with E-state index in [0.717, 1.165) is 16.6 Å². The molecular formula is C11H14N4O2. The van der Waals surface area contributed by atoms with E-state index in [9.17, 15) is 4.79 Å². The Morgan fingerprint density at radius 1 is 1.65 bits per heavy atom. The molecule has 3 N–H and O–H groups in total. The van der Waals surface area contributed by atoms with Crippen molar-refractivity contribution in [1.82, 2.24) is 15.0 Å². The number of fused-ring (bicyclic) bond motifs is 1. The van der Waals surface area contributed by atoms with Gasteiger partial charge >= 0.3 is 5.97 Å². The molecule has 0 radical (unpaired) electrons. The minimum atomic E-state index is -0.658. The van der Waals surface area contributed by atoms with Crippen LogP contribution in [0, 0.1) is 0 Å². The molecule has 2 aromatic heterocycles.